The minimum atomic E-state index is -1.99. The van der Waals surface area contributed by atoms with E-state index in [1.54, 1.807) is 0 Å². The van der Waals surface area contributed by atoms with Crippen molar-refractivity contribution in [2.75, 3.05) is 0 Å². The van der Waals surface area contributed by atoms with Gasteiger partial charge in [-0.15, -0.1) is 0 Å². The molecular weight excluding hydrogens is 300 g/mol. The van der Waals surface area contributed by atoms with Gasteiger partial charge in [0.05, 0.1) is 0 Å². The van der Waals surface area contributed by atoms with Crippen LogP contribution in [0.3, 0.4) is 0 Å². The molecule has 0 bridgehead atoms. The maximum Gasteiger partial charge on any atom is 0.199 e. The second-order valence-corrected chi connectivity index (χ2v) is 9.55. The van der Waals surface area contributed by atoms with Crippen molar-refractivity contribution in [1.82, 2.24) is 0 Å². The molecule has 0 spiro atoms. The van der Waals surface area contributed by atoms with Gasteiger partial charge in [0.1, 0.15) is 6.10 Å². The third kappa shape index (κ3) is 1.90. The Kier molecular flexibility index (Phi) is 3.77. The summed E-state index contributed by atoms with van der Waals surface area (Å²) in [7, 11) is 0. The van der Waals surface area contributed by atoms with Crippen LogP contribution in [0.5, 0.6) is 0 Å². The van der Waals surface area contributed by atoms with Crippen LogP contribution >= 0.6 is 0 Å². The van der Waals surface area contributed by atoms with Gasteiger partial charge in [-0.25, -0.2) is 0 Å². The molecule has 0 aromatic carbocycles. The Hall–Kier alpha value is -0.380. The van der Waals surface area contributed by atoms with Crippen LogP contribution < -0.4 is 0 Å². The third-order valence-corrected chi connectivity index (χ3v) is 9.09. The molecule has 0 aromatic heterocycles. The lowest BCUT2D eigenvalue weighted by molar-refractivity contribution is -0.311. The van der Waals surface area contributed by atoms with Gasteiger partial charge in [-0.1, -0.05) is 38.8 Å². The molecule has 0 aromatic rings. The predicted molar refractivity (Wildman–Crippen MR) is 94.0 cm³/mol. The van der Waals surface area contributed by atoms with E-state index < -0.39 is 17.3 Å². The summed E-state index contributed by atoms with van der Waals surface area (Å²) in [6.45, 7) is 6.85. The van der Waals surface area contributed by atoms with E-state index >= 15 is 0 Å². The molecule has 4 aliphatic carbocycles. The van der Waals surface area contributed by atoms with E-state index in [4.69, 9.17) is 0 Å². The second-order valence-electron chi connectivity index (χ2n) is 9.55. The number of aliphatic hydroxyl groups excluding tert-OH is 1. The molecule has 136 valence electrons. The summed E-state index contributed by atoms with van der Waals surface area (Å²) in [6.07, 6.45) is 9.81. The Morgan fingerprint density at radius 1 is 1.08 bits per heavy atom. The summed E-state index contributed by atoms with van der Waals surface area (Å²) in [4.78, 5) is 0. The SMILES string of the molecule is CC[C@H]1CC[C@H]2[C@@H]3CC=C4CCC(O)C(O)(O)[C@]4(C)[C@H]3CC[C@]12C. The summed E-state index contributed by atoms with van der Waals surface area (Å²) < 4.78 is 0. The van der Waals surface area contributed by atoms with E-state index in [1.165, 1.54) is 31.3 Å². The lowest BCUT2D eigenvalue weighted by Gasteiger charge is -2.61. The molecule has 0 saturated heterocycles. The minimum absolute atomic E-state index is 0.288. The third-order valence-electron chi connectivity index (χ3n) is 9.09. The van der Waals surface area contributed by atoms with Crippen LogP contribution in [0.25, 0.3) is 0 Å². The Bertz CT molecular complexity index is 553. The number of aliphatic hydroxyl groups is 3. The quantitative estimate of drug-likeness (QED) is 0.507. The smallest absolute Gasteiger partial charge is 0.199 e. The molecule has 3 saturated carbocycles. The van der Waals surface area contributed by atoms with E-state index in [0.717, 1.165) is 25.2 Å². The second kappa shape index (κ2) is 5.31. The first-order chi connectivity index (χ1) is 11.3. The van der Waals surface area contributed by atoms with Crippen molar-refractivity contribution < 1.29 is 15.3 Å². The first kappa shape index (κ1) is 17.1. The average molecular weight is 335 g/mol. The van der Waals surface area contributed by atoms with Crippen LogP contribution in [0.15, 0.2) is 11.6 Å². The van der Waals surface area contributed by atoms with E-state index in [1.807, 2.05) is 6.92 Å². The number of allylic oxidation sites excluding steroid dienone is 1. The lowest BCUT2D eigenvalue weighted by Crippen LogP contribution is -2.65. The summed E-state index contributed by atoms with van der Waals surface area (Å²) >= 11 is 0. The fourth-order valence-corrected chi connectivity index (χ4v) is 7.55. The van der Waals surface area contributed by atoms with Gasteiger partial charge in [-0.2, -0.15) is 0 Å². The largest absolute Gasteiger partial charge is 0.387 e. The van der Waals surface area contributed by atoms with Gasteiger partial charge in [0.25, 0.3) is 0 Å². The van der Waals surface area contributed by atoms with Crippen molar-refractivity contribution >= 4 is 0 Å². The molecule has 1 unspecified atom stereocenters. The fraction of sp³-hybridized carbons (Fsp3) is 0.905. The van der Waals surface area contributed by atoms with Crippen molar-refractivity contribution in [2.45, 2.75) is 84.0 Å². The highest BCUT2D eigenvalue weighted by atomic mass is 16.5. The zero-order valence-electron chi connectivity index (χ0n) is 15.5. The van der Waals surface area contributed by atoms with E-state index in [9.17, 15) is 15.3 Å². The number of hydrogen-bond donors (Lipinski definition) is 3. The Morgan fingerprint density at radius 2 is 1.83 bits per heavy atom. The highest BCUT2D eigenvalue weighted by molar-refractivity contribution is 5.29. The van der Waals surface area contributed by atoms with Crippen molar-refractivity contribution in [2.24, 2.45) is 34.5 Å². The van der Waals surface area contributed by atoms with Gasteiger partial charge in [-0.3, -0.25) is 0 Å². The average Bonchev–Trinajstić information content (AvgIpc) is 2.89. The Labute approximate surface area is 146 Å². The number of hydrogen-bond acceptors (Lipinski definition) is 3. The van der Waals surface area contributed by atoms with E-state index in [2.05, 4.69) is 19.9 Å². The van der Waals surface area contributed by atoms with Gasteiger partial charge in [0.2, 0.25) is 0 Å². The Morgan fingerprint density at radius 3 is 2.54 bits per heavy atom. The number of fused-ring (bicyclic) bond motifs is 5. The lowest BCUT2D eigenvalue weighted by atomic mass is 9.45. The van der Waals surface area contributed by atoms with Crippen molar-refractivity contribution in [1.29, 1.82) is 0 Å². The van der Waals surface area contributed by atoms with Crippen LogP contribution in [-0.2, 0) is 0 Å². The van der Waals surface area contributed by atoms with Crippen LogP contribution in [0, 0.1) is 34.5 Å². The molecule has 3 heteroatoms. The minimum Gasteiger partial charge on any atom is -0.387 e. The van der Waals surface area contributed by atoms with Gasteiger partial charge >= 0.3 is 0 Å². The zero-order valence-corrected chi connectivity index (χ0v) is 15.5. The summed E-state index contributed by atoms with van der Waals surface area (Å²) in [5, 5.41) is 32.1. The molecule has 0 amide bonds. The molecule has 7 atom stereocenters. The number of rotatable bonds is 1. The zero-order chi connectivity index (χ0) is 17.3. The first-order valence-corrected chi connectivity index (χ1v) is 10.1. The first-order valence-electron chi connectivity index (χ1n) is 10.1. The predicted octanol–water partition coefficient (Wildman–Crippen LogP) is 3.63. The molecule has 4 aliphatic rings. The highest BCUT2D eigenvalue weighted by Crippen LogP contribution is 2.67. The molecular formula is C21H34O3. The molecule has 3 N–H and O–H groups in total. The monoisotopic (exact) mass is 334 g/mol. The van der Waals surface area contributed by atoms with Crippen molar-refractivity contribution in [3.8, 4) is 0 Å². The normalized spacial score (nSPS) is 52.9. The van der Waals surface area contributed by atoms with Crippen LogP contribution in [-0.4, -0.2) is 27.2 Å². The molecule has 3 fully saturated rings. The molecule has 24 heavy (non-hydrogen) atoms. The van der Waals surface area contributed by atoms with Crippen molar-refractivity contribution in [3.05, 3.63) is 11.6 Å². The molecule has 3 nitrogen and oxygen atoms in total. The summed E-state index contributed by atoms with van der Waals surface area (Å²) in [6, 6.07) is 0. The Balaban J connectivity index is 1.74. The van der Waals surface area contributed by atoms with Crippen molar-refractivity contribution in [3.63, 3.8) is 0 Å². The maximum atomic E-state index is 10.9. The molecule has 0 radical (unpaired) electrons. The maximum absolute atomic E-state index is 10.9. The van der Waals surface area contributed by atoms with Gasteiger partial charge in [0, 0.05) is 5.41 Å². The summed E-state index contributed by atoms with van der Waals surface area (Å²) in [5.74, 6) is 0.364. The van der Waals surface area contributed by atoms with Gasteiger partial charge < -0.3 is 15.3 Å². The fourth-order valence-electron chi connectivity index (χ4n) is 7.55. The van der Waals surface area contributed by atoms with Crippen LogP contribution in [0.1, 0.15) is 72.1 Å². The van der Waals surface area contributed by atoms with Gasteiger partial charge in [0.15, 0.2) is 5.79 Å². The van der Waals surface area contributed by atoms with Crippen LogP contribution in [0.4, 0.5) is 0 Å². The summed E-state index contributed by atoms with van der Waals surface area (Å²) in [5.41, 5.74) is 0.935. The molecule has 0 heterocycles. The molecule has 0 aliphatic heterocycles. The van der Waals surface area contributed by atoms with Gasteiger partial charge in [-0.05, 0) is 74.0 Å². The standard InChI is InChI=1S/C21H34O3/c1-4-13-6-9-16-15-8-5-14-7-10-18(22)21(23,24)20(14,3)17(15)11-12-19(13,16)2/h5,13,15-18,22-24H,4,6-12H2,1-3H3/t13-,15-,16-,17-,18?,19+,20-/m0/s1. The topological polar surface area (TPSA) is 60.7 Å². The highest BCUT2D eigenvalue weighted by Gasteiger charge is 2.65. The van der Waals surface area contributed by atoms with E-state index in [-0.39, 0.29) is 5.92 Å². The van der Waals surface area contributed by atoms with Crippen LogP contribution in [0.2, 0.25) is 0 Å². The van der Waals surface area contributed by atoms with E-state index in [0.29, 0.717) is 23.7 Å². The molecule has 4 rings (SSSR count).